The molecule has 0 aromatic carbocycles. The molecule has 1 aliphatic carbocycles. The van der Waals surface area contributed by atoms with Crippen LogP contribution in [0.2, 0.25) is 0 Å². The van der Waals surface area contributed by atoms with Crippen molar-refractivity contribution < 1.29 is 4.39 Å². The number of anilines is 3. The van der Waals surface area contributed by atoms with Crippen LogP contribution in [0, 0.1) is 5.82 Å². The molecule has 2 aromatic rings. The first-order valence-electron chi connectivity index (χ1n) is 9.64. The van der Waals surface area contributed by atoms with Gasteiger partial charge in [0.2, 0.25) is 5.95 Å². The summed E-state index contributed by atoms with van der Waals surface area (Å²) in [6.45, 7) is 1.53. The molecule has 0 radical (unpaired) electrons. The smallest absolute Gasteiger partial charge is 0.226 e. The summed E-state index contributed by atoms with van der Waals surface area (Å²) in [5.74, 6) is 2.02. The molecular formula is C19H26FN7. The molecule has 0 bridgehead atoms. The average molecular weight is 371 g/mol. The molecule has 0 unspecified atom stereocenters. The fraction of sp³-hybridized carbons (Fsp3) is 0.579. The summed E-state index contributed by atoms with van der Waals surface area (Å²) in [7, 11) is 3.84. The molecular weight excluding hydrogens is 345 g/mol. The lowest BCUT2D eigenvalue weighted by Gasteiger charge is -2.34. The van der Waals surface area contributed by atoms with Gasteiger partial charge in [0.15, 0.2) is 11.6 Å². The molecule has 8 heteroatoms. The second-order valence-electron chi connectivity index (χ2n) is 7.57. The predicted octanol–water partition coefficient (Wildman–Crippen LogP) is 2.82. The number of nitrogens with one attached hydrogen (secondary N) is 1. The summed E-state index contributed by atoms with van der Waals surface area (Å²) in [6.07, 6.45) is 8.32. The van der Waals surface area contributed by atoms with Crippen LogP contribution in [-0.2, 0) is 0 Å². The summed E-state index contributed by atoms with van der Waals surface area (Å²) in [4.78, 5) is 21.1. The summed E-state index contributed by atoms with van der Waals surface area (Å²) < 4.78 is 14.9. The van der Waals surface area contributed by atoms with E-state index < -0.39 is 0 Å². The SMILES string of the molecule is CN(C)c1nccc(NC2CCN(c3ncnc(C4CCC4)c3F)CC2)n1. The van der Waals surface area contributed by atoms with E-state index >= 15 is 0 Å². The van der Waals surface area contributed by atoms with Crippen molar-refractivity contribution in [3.63, 3.8) is 0 Å². The monoisotopic (exact) mass is 371 g/mol. The highest BCUT2D eigenvalue weighted by Crippen LogP contribution is 2.38. The molecule has 144 valence electrons. The Morgan fingerprint density at radius 3 is 2.56 bits per heavy atom. The van der Waals surface area contributed by atoms with Crippen molar-refractivity contribution in [2.75, 3.05) is 42.3 Å². The summed E-state index contributed by atoms with van der Waals surface area (Å²) in [6, 6.07) is 2.19. The van der Waals surface area contributed by atoms with E-state index in [-0.39, 0.29) is 11.7 Å². The molecule has 1 aliphatic heterocycles. The maximum absolute atomic E-state index is 14.9. The second kappa shape index (κ2) is 7.62. The molecule has 7 nitrogen and oxygen atoms in total. The third-order valence-electron chi connectivity index (χ3n) is 5.48. The number of piperidine rings is 1. The Labute approximate surface area is 159 Å². The van der Waals surface area contributed by atoms with Gasteiger partial charge in [0.25, 0.3) is 0 Å². The van der Waals surface area contributed by atoms with Gasteiger partial charge in [-0.2, -0.15) is 4.98 Å². The minimum Gasteiger partial charge on any atom is -0.367 e. The van der Waals surface area contributed by atoms with Crippen LogP contribution in [0.1, 0.15) is 43.7 Å². The van der Waals surface area contributed by atoms with Crippen LogP contribution in [0.4, 0.5) is 22.0 Å². The van der Waals surface area contributed by atoms with Crippen molar-refractivity contribution >= 4 is 17.6 Å². The molecule has 1 saturated heterocycles. The van der Waals surface area contributed by atoms with Crippen LogP contribution in [-0.4, -0.2) is 53.2 Å². The van der Waals surface area contributed by atoms with Gasteiger partial charge in [-0.3, -0.25) is 0 Å². The van der Waals surface area contributed by atoms with Gasteiger partial charge in [-0.25, -0.2) is 19.3 Å². The van der Waals surface area contributed by atoms with Crippen molar-refractivity contribution in [2.45, 2.75) is 44.1 Å². The van der Waals surface area contributed by atoms with Crippen molar-refractivity contribution in [3.05, 3.63) is 30.1 Å². The highest BCUT2D eigenvalue weighted by molar-refractivity contribution is 5.44. The first kappa shape index (κ1) is 17.9. The normalized spacial score (nSPS) is 18.3. The fourth-order valence-corrected chi connectivity index (χ4v) is 3.65. The van der Waals surface area contributed by atoms with Crippen molar-refractivity contribution in [2.24, 2.45) is 0 Å². The molecule has 1 saturated carbocycles. The van der Waals surface area contributed by atoms with Gasteiger partial charge in [0.05, 0.1) is 5.69 Å². The number of rotatable bonds is 5. The van der Waals surface area contributed by atoms with E-state index in [9.17, 15) is 4.39 Å². The number of hydrogen-bond donors (Lipinski definition) is 1. The molecule has 2 aromatic heterocycles. The highest BCUT2D eigenvalue weighted by atomic mass is 19.1. The van der Waals surface area contributed by atoms with Gasteiger partial charge in [0.1, 0.15) is 12.1 Å². The van der Waals surface area contributed by atoms with Gasteiger partial charge >= 0.3 is 0 Å². The maximum atomic E-state index is 14.9. The number of hydrogen-bond acceptors (Lipinski definition) is 7. The van der Waals surface area contributed by atoms with Gasteiger partial charge in [-0.05, 0) is 31.7 Å². The molecule has 0 amide bonds. The largest absolute Gasteiger partial charge is 0.367 e. The van der Waals surface area contributed by atoms with Crippen molar-refractivity contribution in [3.8, 4) is 0 Å². The zero-order valence-electron chi connectivity index (χ0n) is 15.9. The zero-order valence-corrected chi connectivity index (χ0v) is 15.9. The number of aromatic nitrogens is 4. The highest BCUT2D eigenvalue weighted by Gasteiger charge is 2.29. The fourth-order valence-electron chi connectivity index (χ4n) is 3.65. The van der Waals surface area contributed by atoms with Crippen LogP contribution in [0.5, 0.6) is 0 Å². The lowest BCUT2D eigenvalue weighted by molar-refractivity contribution is 0.391. The van der Waals surface area contributed by atoms with Crippen molar-refractivity contribution in [1.82, 2.24) is 19.9 Å². The molecule has 27 heavy (non-hydrogen) atoms. The molecule has 0 spiro atoms. The number of nitrogens with zero attached hydrogens (tertiary/aromatic N) is 6. The van der Waals surface area contributed by atoms with E-state index in [1.54, 1.807) is 6.20 Å². The van der Waals surface area contributed by atoms with Crippen LogP contribution < -0.4 is 15.1 Å². The van der Waals surface area contributed by atoms with E-state index in [1.807, 2.05) is 30.0 Å². The minimum absolute atomic E-state index is 0.222. The number of halogens is 1. The predicted molar refractivity (Wildman–Crippen MR) is 104 cm³/mol. The lowest BCUT2D eigenvalue weighted by atomic mass is 9.82. The quantitative estimate of drug-likeness (QED) is 0.866. The van der Waals surface area contributed by atoms with Crippen LogP contribution in [0.15, 0.2) is 18.6 Å². The Kier molecular flexibility index (Phi) is 5.05. The van der Waals surface area contributed by atoms with Crippen LogP contribution >= 0.6 is 0 Å². The summed E-state index contributed by atoms with van der Waals surface area (Å²) in [5.41, 5.74) is 0.601. The van der Waals surface area contributed by atoms with Gasteiger partial charge in [-0.1, -0.05) is 6.42 Å². The molecule has 2 aliphatic rings. The van der Waals surface area contributed by atoms with Gasteiger partial charge in [0, 0.05) is 45.3 Å². The van der Waals surface area contributed by atoms with E-state index in [2.05, 4.69) is 25.3 Å². The van der Waals surface area contributed by atoms with E-state index in [0.29, 0.717) is 23.5 Å². The first-order chi connectivity index (χ1) is 13.1. The maximum Gasteiger partial charge on any atom is 0.226 e. The Bertz CT molecular complexity index is 785. The molecule has 0 atom stereocenters. The van der Waals surface area contributed by atoms with E-state index in [0.717, 1.165) is 44.6 Å². The summed E-state index contributed by atoms with van der Waals surface area (Å²) in [5, 5.41) is 3.48. The third kappa shape index (κ3) is 3.79. The second-order valence-corrected chi connectivity index (χ2v) is 7.57. The van der Waals surface area contributed by atoms with Crippen molar-refractivity contribution in [1.29, 1.82) is 0 Å². The molecule has 2 fully saturated rings. The van der Waals surface area contributed by atoms with Crippen LogP contribution in [0.3, 0.4) is 0 Å². The summed E-state index contributed by atoms with van der Waals surface area (Å²) >= 11 is 0. The Morgan fingerprint density at radius 1 is 1.11 bits per heavy atom. The molecule has 1 N–H and O–H groups in total. The average Bonchev–Trinajstić information content (AvgIpc) is 2.63. The first-order valence-corrected chi connectivity index (χ1v) is 9.64. The molecule has 3 heterocycles. The lowest BCUT2D eigenvalue weighted by Crippen LogP contribution is -2.40. The topological polar surface area (TPSA) is 70.1 Å². The zero-order chi connectivity index (χ0) is 18.8. The molecule has 4 rings (SSSR count). The third-order valence-corrected chi connectivity index (χ3v) is 5.48. The Morgan fingerprint density at radius 2 is 1.89 bits per heavy atom. The van der Waals surface area contributed by atoms with E-state index in [4.69, 9.17) is 0 Å². The standard InChI is InChI=1S/C19H26FN7/c1-26(2)19-21-9-6-15(25-19)24-14-7-10-27(11-8-14)18-16(20)17(22-12-23-18)13-4-3-5-13/h6,9,12-14H,3-5,7-8,10-11H2,1-2H3,(H,21,24,25). The Hall–Kier alpha value is -2.51. The Balaban J connectivity index is 1.39. The van der Waals surface area contributed by atoms with Gasteiger partial charge in [-0.15, -0.1) is 0 Å². The van der Waals surface area contributed by atoms with Crippen LogP contribution in [0.25, 0.3) is 0 Å². The van der Waals surface area contributed by atoms with Gasteiger partial charge < -0.3 is 15.1 Å². The minimum atomic E-state index is -0.222. The van der Waals surface area contributed by atoms with E-state index in [1.165, 1.54) is 12.7 Å².